The first-order chi connectivity index (χ1) is 8.94. The van der Waals surface area contributed by atoms with Gasteiger partial charge in [0, 0.05) is 28.9 Å². The van der Waals surface area contributed by atoms with Gasteiger partial charge in [0.2, 0.25) is 10.0 Å². The molecule has 102 valence electrons. The van der Waals surface area contributed by atoms with E-state index in [0.29, 0.717) is 18.0 Å². The van der Waals surface area contributed by atoms with Crippen LogP contribution in [-0.4, -0.2) is 26.2 Å². The zero-order chi connectivity index (χ0) is 13.9. The Labute approximate surface area is 121 Å². The van der Waals surface area contributed by atoms with Gasteiger partial charge in [-0.2, -0.15) is 0 Å². The summed E-state index contributed by atoms with van der Waals surface area (Å²) in [5, 5.41) is 3.54. The fraction of sp³-hybridized carbons (Fsp3) is 0.250. The van der Waals surface area contributed by atoms with Crippen molar-refractivity contribution >= 4 is 33.0 Å². The van der Waals surface area contributed by atoms with Crippen molar-refractivity contribution in [3.63, 3.8) is 0 Å². The summed E-state index contributed by atoms with van der Waals surface area (Å²) in [5.41, 5.74) is 1.89. The van der Waals surface area contributed by atoms with E-state index in [1.54, 1.807) is 0 Å². The molecule has 0 aliphatic rings. The summed E-state index contributed by atoms with van der Waals surface area (Å²) in [4.78, 5) is 4.47. The van der Waals surface area contributed by atoms with Crippen LogP contribution >= 0.6 is 22.9 Å². The van der Waals surface area contributed by atoms with Crippen molar-refractivity contribution in [1.82, 2.24) is 9.71 Å². The predicted molar refractivity (Wildman–Crippen MR) is 79.1 cm³/mol. The van der Waals surface area contributed by atoms with Gasteiger partial charge in [-0.05, 0) is 12.1 Å². The van der Waals surface area contributed by atoms with Crippen molar-refractivity contribution in [3.05, 3.63) is 40.4 Å². The van der Waals surface area contributed by atoms with Crippen LogP contribution in [0.15, 0.2) is 29.6 Å². The van der Waals surface area contributed by atoms with Crippen LogP contribution in [0.25, 0.3) is 10.6 Å². The van der Waals surface area contributed by atoms with Crippen molar-refractivity contribution in [1.29, 1.82) is 0 Å². The zero-order valence-corrected chi connectivity index (χ0v) is 12.6. The number of nitrogens with zero attached hydrogens (tertiary/aromatic N) is 1. The van der Waals surface area contributed by atoms with Crippen molar-refractivity contribution in [2.24, 2.45) is 0 Å². The Balaban J connectivity index is 2.01. The quantitative estimate of drug-likeness (QED) is 0.922. The molecule has 0 spiro atoms. The summed E-state index contributed by atoms with van der Waals surface area (Å²) in [5.74, 6) is 0. The van der Waals surface area contributed by atoms with E-state index in [4.69, 9.17) is 11.6 Å². The molecule has 2 aromatic rings. The highest BCUT2D eigenvalue weighted by atomic mass is 35.5. The molecule has 1 N–H and O–H groups in total. The summed E-state index contributed by atoms with van der Waals surface area (Å²) in [6.45, 7) is 0.364. The Kier molecular flexibility index (Phi) is 4.57. The maximum atomic E-state index is 10.9. The first-order valence-corrected chi connectivity index (χ1v) is 8.74. The van der Waals surface area contributed by atoms with Gasteiger partial charge in [0.25, 0.3) is 0 Å². The minimum atomic E-state index is -3.13. The van der Waals surface area contributed by atoms with Crippen LogP contribution in [0.2, 0.25) is 5.02 Å². The lowest BCUT2D eigenvalue weighted by Gasteiger charge is -1.99. The smallest absolute Gasteiger partial charge is 0.208 e. The first kappa shape index (κ1) is 14.5. The Bertz CT molecular complexity index is 651. The average molecular weight is 317 g/mol. The third kappa shape index (κ3) is 4.58. The van der Waals surface area contributed by atoms with Crippen LogP contribution in [0.3, 0.4) is 0 Å². The van der Waals surface area contributed by atoms with Gasteiger partial charge >= 0.3 is 0 Å². The van der Waals surface area contributed by atoms with Gasteiger partial charge in [-0.3, -0.25) is 0 Å². The summed E-state index contributed by atoms with van der Waals surface area (Å²) in [7, 11) is -3.13. The molecule has 0 atom stereocenters. The fourth-order valence-corrected chi connectivity index (χ4v) is 2.97. The molecule has 0 aliphatic carbocycles. The molecular formula is C12H13ClN2O2S2. The summed E-state index contributed by atoms with van der Waals surface area (Å²) in [6.07, 6.45) is 1.73. The number of thiazole rings is 1. The number of hydrogen-bond donors (Lipinski definition) is 1. The second kappa shape index (κ2) is 6.00. The van der Waals surface area contributed by atoms with Gasteiger partial charge in [-0.15, -0.1) is 11.3 Å². The molecule has 19 heavy (non-hydrogen) atoms. The van der Waals surface area contributed by atoms with Crippen LogP contribution in [0.4, 0.5) is 0 Å². The number of nitrogens with one attached hydrogen (secondary N) is 1. The zero-order valence-electron chi connectivity index (χ0n) is 10.3. The topological polar surface area (TPSA) is 59.1 Å². The van der Waals surface area contributed by atoms with Gasteiger partial charge < -0.3 is 0 Å². The van der Waals surface area contributed by atoms with E-state index in [-0.39, 0.29) is 0 Å². The molecule has 0 radical (unpaired) electrons. The van der Waals surface area contributed by atoms with Gasteiger partial charge in [-0.25, -0.2) is 18.1 Å². The van der Waals surface area contributed by atoms with Crippen LogP contribution in [-0.2, 0) is 16.4 Å². The van der Waals surface area contributed by atoms with E-state index >= 15 is 0 Å². The normalized spacial score (nSPS) is 11.7. The molecule has 0 aliphatic heterocycles. The fourth-order valence-electron chi connectivity index (χ4n) is 1.51. The molecule has 0 amide bonds. The maximum absolute atomic E-state index is 10.9. The molecule has 1 aromatic heterocycles. The van der Waals surface area contributed by atoms with Crippen molar-refractivity contribution in [3.8, 4) is 10.6 Å². The Morgan fingerprint density at radius 2 is 2.00 bits per heavy atom. The van der Waals surface area contributed by atoms with Gasteiger partial charge in [0.05, 0.1) is 11.9 Å². The predicted octanol–water partition coefficient (Wildman–Crippen LogP) is 2.56. The molecule has 0 bridgehead atoms. The minimum Gasteiger partial charge on any atom is -0.241 e. The Morgan fingerprint density at radius 3 is 2.63 bits per heavy atom. The SMILES string of the molecule is CS(=O)(=O)NCCc1csc(-c2ccc(Cl)cc2)n1. The Morgan fingerprint density at radius 1 is 1.32 bits per heavy atom. The number of rotatable bonds is 5. The number of hydrogen-bond acceptors (Lipinski definition) is 4. The average Bonchev–Trinajstić information content (AvgIpc) is 2.77. The van der Waals surface area contributed by atoms with Crippen molar-refractivity contribution < 1.29 is 8.42 Å². The monoisotopic (exact) mass is 316 g/mol. The number of halogens is 1. The molecule has 2 rings (SSSR count). The van der Waals surface area contributed by atoms with E-state index in [2.05, 4.69) is 9.71 Å². The molecule has 4 nitrogen and oxygen atoms in total. The molecule has 0 unspecified atom stereocenters. The van der Waals surface area contributed by atoms with E-state index < -0.39 is 10.0 Å². The molecule has 0 saturated carbocycles. The summed E-state index contributed by atoms with van der Waals surface area (Å²) < 4.78 is 24.3. The molecule has 1 heterocycles. The number of aromatic nitrogens is 1. The summed E-state index contributed by atoms with van der Waals surface area (Å²) >= 11 is 7.37. The third-order valence-corrected chi connectivity index (χ3v) is 4.31. The molecule has 1 aromatic carbocycles. The highest BCUT2D eigenvalue weighted by molar-refractivity contribution is 7.88. The lowest BCUT2D eigenvalue weighted by Crippen LogP contribution is -2.24. The van der Waals surface area contributed by atoms with Gasteiger partial charge in [-0.1, -0.05) is 23.7 Å². The van der Waals surface area contributed by atoms with Gasteiger partial charge in [0.15, 0.2) is 0 Å². The minimum absolute atomic E-state index is 0.364. The third-order valence-electron chi connectivity index (χ3n) is 2.39. The van der Waals surface area contributed by atoms with Crippen LogP contribution in [0.1, 0.15) is 5.69 Å². The van der Waals surface area contributed by atoms with E-state index in [1.165, 1.54) is 11.3 Å². The van der Waals surface area contributed by atoms with Crippen LogP contribution < -0.4 is 4.72 Å². The molecule has 0 saturated heterocycles. The molecule has 0 fully saturated rings. The van der Waals surface area contributed by atoms with Crippen molar-refractivity contribution in [2.45, 2.75) is 6.42 Å². The highest BCUT2D eigenvalue weighted by Crippen LogP contribution is 2.25. The number of sulfonamides is 1. The second-order valence-corrected chi connectivity index (χ2v) is 7.19. The van der Waals surface area contributed by atoms with E-state index in [9.17, 15) is 8.42 Å². The number of benzene rings is 1. The second-order valence-electron chi connectivity index (χ2n) is 4.07. The van der Waals surface area contributed by atoms with Crippen LogP contribution in [0, 0.1) is 0 Å². The van der Waals surface area contributed by atoms with E-state index in [0.717, 1.165) is 22.5 Å². The lowest BCUT2D eigenvalue weighted by molar-refractivity contribution is 0.587. The molecule has 7 heteroatoms. The molecular weight excluding hydrogens is 304 g/mol. The largest absolute Gasteiger partial charge is 0.241 e. The Hall–Kier alpha value is -0.950. The lowest BCUT2D eigenvalue weighted by atomic mass is 10.2. The first-order valence-electron chi connectivity index (χ1n) is 5.59. The highest BCUT2D eigenvalue weighted by Gasteiger charge is 2.06. The van der Waals surface area contributed by atoms with Crippen molar-refractivity contribution in [2.75, 3.05) is 12.8 Å². The van der Waals surface area contributed by atoms with E-state index in [1.807, 2.05) is 29.6 Å². The maximum Gasteiger partial charge on any atom is 0.208 e. The van der Waals surface area contributed by atoms with Gasteiger partial charge in [0.1, 0.15) is 5.01 Å². The standard InChI is InChI=1S/C12H13ClN2O2S2/c1-19(16,17)14-7-6-11-8-18-12(15-11)9-2-4-10(13)5-3-9/h2-5,8,14H,6-7H2,1H3. The summed E-state index contributed by atoms with van der Waals surface area (Å²) in [6, 6.07) is 7.48. The van der Waals surface area contributed by atoms with Crippen LogP contribution in [0.5, 0.6) is 0 Å².